The van der Waals surface area contributed by atoms with E-state index < -0.39 is 5.82 Å². The summed E-state index contributed by atoms with van der Waals surface area (Å²) in [5, 5.41) is 16.2. The maximum Gasteiger partial charge on any atom is 0.238 e. The number of rotatable bonds is 3. The molecular formula is C11H7BrClFN2O2. The molecule has 0 saturated heterocycles. The Morgan fingerprint density at radius 3 is 2.72 bits per heavy atom. The van der Waals surface area contributed by atoms with Crippen LogP contribution in [0.1, 0.15) is 5.69 Å². The molecule has 0 amide bonds. The average molecular weight is 334 g/mol. The van der Waals surface area contributed by atoms with Gasteiger partial charge in [0.15, 0.2) is 0 Å². The second-order valence-electron chi connectivity index (χ2n) is 3.32. The molecule has 0 unspecified atom stereocenters. The summed E-state index contributed by atoms with van der Waals surface area (Å²) in [7, 11) is 0. The van der Waals surface area contributed by atoms with E-state index in [1.807, 2.05) is 0 Å². The van der Waals surface area contributed by atoms with Crippen molar-refractivity contribution in [3.8, 4) is 11.6 Å². The Hall–Kier alpha value is -1.24. The summed E-state index contributed by atoms with van der Waals surface area (Å²) >= 11 is 8.81. The largest absolute Gasteiger partial charge is 0.436 e. The summed E-state index contributed by atoms with van der Waals surface area (Å²) < 4.78 is 19.1. The second-order valence-corrected chi connectivity index (χ2v) is 4.58. The number of halogens is 3. The van der Waals surface area contributed by atoms with E-state index in [2.05, 4.69) is 26.1 Å². The van der Waals surface area contributed by atoms with Gasteiger partial charge >= 0.3 is 0 Å². The fourth-order valence-corrected chi connectivity index (χ4v) is 1.90. The van der Waals surface area contributed by atoms with Crippen molar-refractivity contribution in [2.75, 3.05) is 0 Å². The average Bonchev–Trinajstić information content (AvgIpc) is 2.37. The van der Waals surface area contributed by atoms with Crippen LogP contribution in [0, 0.1) is 5.82 Å². The smallest absolute Gasteiger partial charge is 0.238 e. The summed E-state index contributed by atoms with van der Waals surface area (Å²) in [5.41, 5.74) is 0.420. The zero-order valence-corrected chi connectivity index (χ0v) is 11.2. The van der Waals surface area contributed by atoms with Crippen molar-refractivity contribution in [3.63, 3.8) is 0 Å². The third-order valence-corrected chi connectivity index (χ3v) is 2.96. The number of hydrogen-bond acceptors (Lipinski definition) is 4. The van der Waals surface area contributed by atoms with E-state index in [9.17, 15) is 4.39 Å². The van der Waals surface area contributed by atoms with Crippen molar-refractivity contribution < 1.29 is 14.2 Å². The number of aromatic nitrogens is 2. The maximum atomic E-state index is 13.3. The minimum Gasteiger partial charge on any atom is -0.436 e. The summed E-state index contributed by atoms with van der Waals surface area (Å²) in [5.74, 6) is -0.160. The lowest BCUT2D eigenvalue weighted by molar-refractivity contribution is 0.274. The Kier molecular flexibility index (Phi) is 4.11. The van der Waals surface area contributed by atoms with Gasteiger partial charge in [-0.25, -0.2) is 4.39 Å². The quantitative estimate of drug-likeness (QED) is 0.876. The van der Waals surface area contributed by atoms with Gasteiger partial charge in [-0.05, 0) is 28.1 Å². The molecule has 1 heterocycles. The molecule has 4 nitrogen and oxygen atoms in total. The summed E-state index contributed by atoms with van der Waals surface area (Å²) in [4.78, 5) is 0. The summed E-state index contributed by atoms with van der Waals surface area (Å²) in [6.45, 7) is -0.202. The second kappa shape index (κ2) is 5.60. The Morgan fingerprint density at radius 2 is 2.11 bits per heavy atom. The first-order chi connectivity index (χ1) is 8.60. The van der Waals surface area contributed by atoms with Crippen molar-refractivity contribution in [1.82, 2.24) is 10.2 Å². The van der Waals surface area contributed by atoms with Crippen molar-refractivity contribution in [2.45, 2.75) is 6.61 Å². The van der Waals surface area contributed by atoms with E-state index in [1.165, 1.54) is 12.1 Å². The van der Waals surface area contributed by atoms with Gasteiger partial charge in [0, 0.05) is 12.1 Å². The van der Waals surface area contributed by atoms with Crippen LogP contribution in [0.2, 0.25) is 5.02 Å². The van der Waals surface area contributed by atoms with Gasteiger partial charge in [-0.3, -0.25) is 0 Å². The summed E-state index contributed by atoms with van der Waals surface area (Å²) in [6, 6.07) is 5.62. The van der Waals surface area contributed by atoms with Gasteiger partial charge in [-0.15, -0.1) is 10.2 Å². The number of hydrogen-bond donors (Lipinski definition) is 1. The molecule has 0 saturated carbocycles. The van der Waals surface area contributed by atoms with E-state index in [0.717, 1.165) is 6.07 Å². The molecule has 1 N–H and O–H groups in total. The minimum absolute atomic E-state index is 0.00376. The van der Waals surface area contributed by atoms with Crippen molar-refractivity contribution in [3.05, 3.63) is 45.3 Å². The Labute approximate surface area is 116 Å². The standard InChI is InChI=1S/C11H7BrClFN2O2/c12-7-3-8(13)9(14)4-10(7)18-11-2-1-6(5-17)15-16-11/h1-4,17H,5H2. The van der Waals surface area contributed by atoms with Crippen molar-refractivity contribution >= 4 is 27.5 Å². The third kappa shape index (κ3) is 2.95. The minimum atomic E-state index is -0.588. The SMILES string of the molecule is OCc1ccc(Oc2cc(F)c(Cl)cc2Br)nn1. The van der Waals surface area contributed by atoms with Crippen LogP contribution in [0.4, 0.5) is 4.39 Å². The molecule has 0 atom stereocenters. The van der Waals surface area contributed by atoms with Gasteiger partial charge in [-0.1, -0.05) is 11.6 Å². The van der Waals surface area contributed by atoms with Crippen molar-refractivity contribution in [1.29, 1.82) is 0 Å². The molecule has 94 valence electrons. The van der Waals surface area contributed by atoms with E-state index in [4.69, 9.17) is 21.4 Å². The Bertz CT molecular complexity index is 566. The Balaban J connectivity index is 2.25. The highest BCUT2D eigenvalue weighted by atomic mass is 79.9. The molecule has 0 aliphatic rings. The highest BCUT2D eigenvalue weighted by molar-refractivity contribution is 9.10. The monoisotopic (exact) mass is 332 g/mol. The number of ether oxygens (including phenoxy) is 1. The lowest BCUT2D eigenvalue weighted by Gasteiger charge is -2.07. The molecule has 0 aliphatic heterocycles. The Morgan fingerprint density at radius 1 is 1.33 bits per heavy atom. The van der Waals surface area contributed by atoms with E-state index in [-0.39, 0.29) is 23.3 Å². The molecule has 0 radical (unpaired) electrons. The zero-order chi connectivity index (χ0) is 13.1. The predicted octanol–water partition coefficient (Wildman–Crippen LogP) is 3.32. The highest BCUT2D eigenvalue weighted by Gasteiger charge is 2.09. The number of aliphatic hydroxyl groups excluding tert-OH is 1. The van der Waals surface area contributed by atoms with Gasteiger partial charge in [0.1, 0.15) is 11.6 Å². The van der Waals surface area contributed by atoms with Crippen LogP contribution in [0.25, 0.3) is 0 Å². The lowest BCUT2D eigenvalue weighted by atomic mass is 10.3. The molecule has 2 aromatic rings. The number of nitrogens with zero attached hydrogens (tertiary/aromatic N) is 2. The highest BCUT2D eigenvalue weighted by Crippen LogP contribution is 2.32. The zero-order valence-electron chi connectivity index (χ0n) is 8.90. The molecule has 7 heteroatoms. The molecule has 0 fully saturated rings. The van der Waals surface area contributed by atoms with Gasteiger partial charge in [0.2, 0.25) is 5.88 Å². The fourth-order valence-electron chi connectivity index (χ4n) is 1.18. The fraction of sp³-hybridized carbons (Fsp3) is 0.0909. The number of benzene rings is 1. The van der Waals surface area contributed by atoms with Gasteiger partial charge in [0.05, 0.1) is 21.8 Å². The number of aliphatic hydroxyl groups is 1. The van der Waals surface area contributed by atoms with Crippen LogP contribution in [-0.4, -0.2) is 15.3 Å². The topological polar surface area (TPSA) is 55.2 Å². The molecule has 0 bridgehead atoms. The van der Waals surface area contributed by atoms with Crippen LogP contribution in [0.3, 0.4) is 0 Å². The van der Waals surface area contributed by atoms with Crippen molar-refractivity contribution in [2.24, 2.45) is 0 Å². The molecule has 1 aromatic carbocycles. The van der Waals surface area contributed by atoms with Gasteiger partial charge in [0.25, 0.3) is 0 Å². The van der Waals surface area contributed by atoms with Gasteiger partial charge < -0.3 is 9.84 Å². The van der Waals surface area contributed by atoms with E-state index in [0.29, 0.717) is 10.2 Å². The molecule has 2 rings (SSSR count). The van der Waals surface area contributed by atoms with Crippen LogP contribution >= 0.6 is 27.5 Å². The van der Waals surface area contributed by atoms with E-state index >= 15 is 0 Å². The first-order valence-electron chi connectivity index (χ1n) is 4.86. The van der Waals surface area contributed by atoms with Crippen LogP contribution in [-0.2, 0) is 6.61 Å². The molecule has 1 aromatic heterocycles. The molecule has 0 spiro atoms. The predicted molar refractivity (Wildman–Crippen MR) is 67.1 cm³/mol. The van der Waals surface area contributed by atoms with E-state index in [1.54, 1.807) is 6.07 Å². The normalized spacial score (nSPS) is 10.4. The molecule has 0 aliphatic carbocycles. The van der Waals surface area contributed by atoms with Gasteiger partial charge in [-0.2, -0.15) is 0 Å². The third-order valence-electron chi connectivity index (χ3n) is 2.05. The van der Waals surface area contributed by atoms with Crippen LogP contribution < -0.4 is 4.74 Å². The maximum absolute atomic E-state index is 13.3. The van der Waals surface area contributed by atoms with Crippen LogP contribution in [0.15, 0.2) is 28.7 Å². The first kappa shape index (κ1) is 13.2. The molecular weight excluding hydrogens is 326 g/mol. The first-order valence-corrected chi connectivity index (χ1v) is 6.03. The molecule has 18 heavy (non-hydrogen) atoms. The van der Waals surface area contributed by atoms with Crippen LogP contribution in [0.5, 0.6) is 11.6 Å². The lowest BCUT2D eigenvalue weighted by Crippen LogP contribution is -1.95. The summed E-state index contributed by atoms with van der Waals surface area (Å²) in [6.07, 6.45) is 0.